The van der Waals surface area contributed by atoms with E-state index in [0.29, 0.717) is 12.8 Å². The topological polar surface area (TPSA) is 113 Å². The van der Waals surface area contributed by atoms with Gasteiger partial charge in [-0.3, -0.25) is 4.79 Å². The Morgan fingerprint density at radius 3 is 2.69 bits per heavy atom. The summed E-state index contributed by atoms with van der Waals surface area (Å²) in [5.74, 6) is -0.723. The zero-order valence-corrected chi connectivity index (χ0v) is 7.23. The zero-order valence-electron chi connectivity index (χ0n) is 7.23. The monoisotopic (exact) mass is 183 g/mol. The molecule has 1 aliphatic rings. The molecule has 0 radical (unpaired) electrons. The third-order valence-electron chi connectivity index (χ3n) is 2.40. The number of nitrogens with zero attached hydrogens (tertiary/aromatic N) is 1. The summed E-state index contributed by atoms with van der Waals surface area (Å²) >= 11 is 0. The van der Waals surface area contributed by atoms with Crippen molar-refractivity contribution in [3.8, 4) is 6.07 Å². The highest BCUT2D eigenvalue weighted by atomic mass is 16.3. The molecule has 0 aliphatic heterocycles. The second-order valence-electron chi connectivity index (χ2n) is 3.67. The van der Waals surface area contributed by atoms with E-state index >= 15 is 0 Å². The Bertz CT molecular complexity index is 253. The van der Waals surface area contributed by atoms with Crippen molar-refractivity contribution >= 4 is 5.91 Å². The Hall–Kier alpha value is -1.12. The summed E-state index contributed by atoms with van der Waals surface area (Å²) in [6.45, 7) is 0. The van der Waals surface area contributed by atoms with Gasteiger partial charge in [0.15, 0.2) is 0 Å². The van der Waals surface area contributed by atoms with Gasteiger partial charge in [0.1, 0.15) is 0 Å². The van der Waals surface area contributed by atoms with Crippen LogP contribution in [-0.4, -0.2) is 22.7 Å². The van der Waals surface area contributed by atoms with Gasteiger partial charge in [0.2, 0.25) is 5.91 Å². The lowest BCUT2D eigenvalue weighted by molar-refractivity contribution is -0.123. The van der Waals surface area contributed by atoms with Crippen LogP contribution in [0.1, 0.15) is 19.3 Å². The molecule has 72 valence electrons. The van der Waals surface area contributed by atoms with Crippen molar-refractivity contribution in [1.82, 2.24) is 0 Å². The van der Waals surface area contributed by atoms with Gasteiger partial charge in [0.25, 0.3) is 0 Å². The number of hydrogen-bond acceptors (Lipinski definition) is 4. The lowest BCUT2D eigenvalue weighted by Gasteiger charge is -2.41. The fraction of sp³-hybridized carbons (Fsp3) is 0.750. The Morgan fingerprint density at radius 1 is 1.77 bits per heavy atom. The number of nitrogens with two attached hydrogens (primary N) is 2. The van der Waals surface area contributed by atoms with E-state index in [4.69, 9.17) is 16.7 Å². The predicted molar refractivity (Wildman–Crippen MR) is 45.1 cm³/mol. The number of rotatable bonds is 3. The molecule has 5 heteroatoms. The first kappa shape index (κ1) is 9.96. The van der Waals surface area contributed by atoms with Crippen molar-refractivity contribution < 1.29 is 9.90 Å². The van der Waals surface area contributed by atoms with Crippen molar-refractivity contribution in [3.63, 3.8) is 0 Å². The third kappa shape index (κ3) is 2.17. The minimum Gasteiger partial charge on any atom is -0.390 e. The van der Waals surface area contributed by atoms with Gasteiger partial charge in [-0.15, -0.1) is 0 Å². The molecule has 1 unspecified atom stereocenters. The Balaban J connectivity index is 2.39. The van der Waals surface area contributed by atoms with Gasteiger partial charge < -0.3 is 16.6 Å². The Kier molecular flexibility index (Phi) is 2.55. The number of carbonyl (C=O) groups is 1. The van der Waals surface area contributed by atoms with Crippen molar-refractivity contribution in [1.29, 1.82) is 5.26 Å². The molecule has 1 fully saturated rings. The van der Waals surface area contributed by atoms with E-state index in [9.17, 15) is 9.90 Å². The average Bonchev–Trinajstić information content (AvgIpc) is 1.99. The molecule has 5 N–H and O–H groups in total. The first-order valence-corrected chi connectivity index (χ1v) is 4.14. The van der Waals surface area contributed by atoms with Crippen molar-refractivity contribution in [2.45, 2.75) is 30.9 Å². The van der Waals surface area contributed by atoms with Crippen molar-refractivity contribution in [2.24, 2.45) is 17.4 Å². The van der Waals surface area contributed by atoms with Crippen LogP contribution in [-0.2, 0) is 4.79 Å². The Morgan fingerprint density at radius 2 is 2.31 bits per heavy atom. The van der Waals surface area contributed by atoms with Gasteiger partial charge in [-0.2, -0.15) is 5.26 Å². The molecule has 5 nitrogen and oxygen atoms in total. The fourth-order valence-electron chi connectivity index (χ4n) is 1.63. The summed E-state index contributed by atoms with van der Waals surface area (Å²) in [6.07, 6.45) is 0.940. The summed E-state index contributed by atoms with van der Waals surface area (Å²) in [5.41, 5.74) is 9.38. The molecular weight excluding hydrogens is 170 g/mol. The van der Waals surface area contributed by atoms with Gasteiger partial charge in [-0.05, 0) is 12.8 Å². The molecule has 13 heavy (non-hydrogen) atoms. The van der Waals surface area contributed by atoms with E-state index in [0.717, 1.165) is 0 Å². The van der Waals surface area contributed by atoms with Crippen LogP contribution in [0.25, 0.3) is 0 Å². The number of aliphatic hydroxyl groups is 1. The molecule has 0 heterocycles. The van der Waals surface area contributed by atoms with Crippen LogP contribution in [0.15, 0.2) is 0 Å². The molecule has 1 atom stereocenters. The molecule has 0 saturated heterocycles. The van der Waals surface area contributed by atoms with Gasteiger partial charge in [0, 0.05) is 6.42 Å². The largest absolute Gasteiger partial charge is 0.390 e. The quantitative estimate of drug-likeness (QED) is 0.512. The highest BCUT2D eigenvalue weighted by molar-refractivity contribution is 5.79. The third-order valence-corrected chi connectivity index (χ3v) is 2.40. The van der Waals surface area contributed by atoms with E-state index in [1.807, 2.05) is 6.07 Å². The minimum absolute atomic E-state index is 0.106. The maximum absolute atomic E-state index is 10.6. The molecule has 1 amide bonds. The van der Waals surface area contributed by atoms with Crippen LogP contribution in [0.2, 0.25) is 0 Å². The lowest BCUT2D eigenvalue weighted by atomic mass is 9.69. The van der Waals surface area contributed by atoms with Crippen LogP contribution in [0.3, 0.4) is 0 Å². The average molecular weight is 183 g/mol. The highest BCUT2D eigenvalue weighted by Gasteiger charge is 2.44. The van der Waals surface area contributed by atoms with Gasteiger partial charge in [0.05, 0.1) is 23.6 Å². The van der Waals surface area contributed by atoms with Crippen LogP contribution in [0, 0.1) is 17.2 Å². The summed E-state index contributed by atoms with van der Waals surface area (Å²) < 4.78 is 0. The zero-order chi connectivity index (χ0) is 10.1. The summed E-state index contributed by atoms with van der Waals surface area (Å²) in [4.78, 5) is 10.6. The van der Waals surface area contributed by atoms with Crippen LogP contribution in [0.4, 0.5) is 0 Å². The van der Waals surface area contributed by atoms with Crippen LogP contribution >= 0.6 is 0 Å². The van der Waals surface area contributed by atoms with Gasteiger partial charge in [-0.25, -0.2) is 0 Å². The Labute approximate surface area is 76.3 Å². The maximum atomic E-state index is 10.6. The maximum Gasteiger partial charge on any atom is 0.234 e. The van der Waals surface area contributed by atoms with E-state index in [1.165, 1.54) is 0 Å². The first-order valence-electron chi connectivity index (χ1n) is 4.14. The molecular formula is C8H13N3O2. The van der Waals surface area contributed by atoms with E-state index < -0.39 is 17.6 Å². The highest BCUT2D eigenvalue weighted by Crippen LogP contribution is 2.40. The van der Waals surface area contributed by atoms with Crippen LogP contribution < -0.4 is 11.5 Å². The standard InChI is InChI=1S/C8H13N3O2/c9-4-5-1-8(13,2-5)3-6(10)7(11)12/h5-6,13H,1-3,10H2,(H2,11,12). The van der Waals surface area contributed by atoms with E-state index in [2.05, 4.69) is 0 Å². The SMILES string of the molecule is N#CC1CC(O)(CC(N)C(N)=O)C1. The van der Waals surface area contributed by atoms with Crippen molar-refractivity contribution in [2.75, 3.05) is 0 Å². The number of nitriles is 1. The van der Waals surface area contributed by atoms with Crippen molar-refractivity contribution in [3.05, 3.63) is 0 Å². The smallest absolute Gasteiger partial charge is 0.234 e. The molecule has 1 aliphatic carbocycles. The summed E-state index contributed by atoms with van der Waals surface area (Å²) in [5, 5.41) is 18.2. The number of amides is 1. The molecule has 1 rings (SSSR count). The molecule has 0 spiro atoms. The van der Waals surface area contributed by atoms with Gasteiger partial charge >= 0.3 is 0 Å². The molecule has 0 aromatic carbocycles. The minimum atomic E-state index is -0.950. The second kappa shape index (κ2) is 3.32. The van der Waals surface area contributed by atoms with Gasteiger partial charge in [-0.1, -0.05) is 0 Å². The molecule has 0 bridgehead atoms. The van der Waals surface area contributed by atoms with E-state index in [-0.39, 0.29) is 12.3 Å². The first-order chi connectivity index (χ1) is 5.97. The molecule has 0 aromatic heterocycles. The normalized spacial score (nSPS) is 34.4. The second-order valence-corrected chi connectivity index (χ2v) is 3.67. The predicted octanol–water partition coefficient (Wildman–Crippen LogP) is -1.15. The van der Waals surface area contributed by atoms with Crippen LogP contribution in [0.5, 0.6) is 0 Å². The number of carbonyl (C=O) groups excluding carboxylic acids is 1. The number of hydrogen-bond donors (Lipinski definition) is 3. The fourth-order valence-corrected chi connectivity index (χ4v) is 1.63. The van der Waals surface area contributed by atoms with E-state index in [1.54, 1.807) is 0 Å². The lowest BCUT2D eigenvalue weighted by Crippen LogP contribution is -2.50. The molecule has 0 aromatic rings. The molecule has 1 saturated carbocycles. The summed E-state index contributed by atoms with van der Waals surface area (Å²) in [6, 6.07) is 1.23. The summed E-state index contributed by atoms with van der Waals surface area (Å²) in [7, 11) is 0. The number of primary amides is 1.